The smallest absolute Gasteiger partial charge is 0.338 e. The van der Waals surface area contributed by atoms with Crippen molar-refractivity contribution in [3.8, 4) is 0 Å². The molecule has 0 unspecified atom stereocenters. The number of hydrogen-bond donors (Lipinski definition) is 2. The van der Waals surface area contributed by atoms with E-state index in [1.165, 1.54) is 17.0 Å². The van der Waals surface area contributed by atoms with Crippen LogP contribution in [0.15, 0.2) is 66.7 Å². The van der Waals surface area contributed by atoms with Crippen molar-refractivity contribution in [1.29, 1.82) is 0 Å². The van der Waals surface area contributed by atoms with Crippen LogP contribution < -0.4 is 15.5 Å². The van der Waals surface area contributed by atoms with Gasteiger partial charge >= 0.3 is 12.0 Å². The fraction of sp³-hybridized carbons (Fsp3) is 0.160. The topological polar surface area (TPSA) is 87.7 Å². The first-order valence-electron chi connectivity index (χ1n) is 10.6. The maximum atomic E-state index is 13.8. The van der Waals surface area contributed by atoms with Gasteiger partial charge in [0.2, 0.25) is 5.91 Å². The number of carbonyl (C=O) groups is 3. The van der Waals surface area contributed by atoms with Gasteiger partial charge in [0, 0.05) is 12.1 Å². The molecule has 2 N–H and O–H groups in total. The summed E-state index contributed by atoms with van der Waals surface area (Å²) in [6, 6.07) is 14.7. The molecular formula is C25H21F2N3O4. The molecule has 3 amide bonds. The van der Waals surface area contributed by atoms with Gasteiger partial charge < -0.3 is 15.4 Å². The second-order valence-electron chi connectivity index (χ2n) is 7.58. The fourth-order valence-corrected chi connectivity index (χ4v) is 3.74. The third kappa shape index (κ3) is 4.73. The molecule has 1 atom stereocenters. The summed E-state index contributed by atoms with van der Waals surface area (Å²) in [5.74, 6) is -3.05. The third-order valence-electron chi connectivity index (χ3n) is 5.29. The monoisotopic (exact) mass is 465 g/mol. The number of rotatable bonds is 5. The van der Waals surface area contributed by atoms with E-state index in [2.05, 4.69) is 10.6 Å². The van der Waals surface area contributed by atoms with Crippen LogP contribution in [-0.4, -0.2) is 30.6 Å². The van der Waals surface area contributed by atoms with Gasteiger partial charge in [0.15, 0.2) is 11.6 Å². The predicted molar refractivity (Wildman–Crippen MR) is 123 cm³/mol. The summed E-state index contributed by atoms with van der Waals surface area (Å²) in [4.78, 5) is 39.6. The maximum absolute atomic E-state index is 13.8. The van der Waals surface area contributed by atoms with Crippen molar-refractivity contribution in [3.63, 3.8) is 0 Å². The Labute approximate surface area is 194 Å². The average molecular weight is 465 g/mol. The van der Waals surface area contributed by atoms with Crippen LogP contribution in [0.3, 0.4) is 0 Å². The molecule has 3 aromatic rings. The highest BCUT2D eigenvalue weighted by atomic mass is 19.2. The summed E-state index contributed by atoms with van der Waals surface area (Å²) in [5.41, 5.74) is 1.80. The summed E-state index contributed by atoms with van der Waals surface area (Å²) in [6.07, 6.45) is -0.0480. The van der Waals surface area contributed by atoms with Crippen molar-refractivity contribution in [2.75, 3.05) is 22.1 Å². The van der Waals surface area contributed by atoms with E-state index in [1.807, 2.05) is 0 Å². The van der Waals surface area contributed by atoms with Crippen LogP contribution >= 0.6 is 0 Å². The number of esters is 1. The molecule has 0 saturated carbocycles. The SMILES string of the molecule is CCOC(=O)c1cccc(NC(=O)N2c3ccccc3NC(=O)[C@H]2Cc2ccc(F)c(F)c2)c1. The highest BCUT2D eigenvalue weighted by Gasteiger charge is 2.37. The van der Waals surface area contributed by atoms with E-state index in [-0.39, 0.29) is 18.6 Å². The van der Waals surface area contributed by atoms with Crippen molar-refractivity contribution >= 4 is 35.0 Å². The highest BCUT2D eigenvalue weighted by Crippen LogP contribution is 2.33. The molecule has 34 heavy (non-hydrogen) atoms. The Bertz CT molecular complexity index is 1260. The van der Waals surface area contributed by atoms with E-state index in [9.17, 15) is 23.2 Å². The minimum Gasteiger partial charge on any atom is -0.462 e. The molecule has 0 fully saturated rings. The molecule has 0 radical (unpaired) electrons. The Morgan fingerprint density at radius 2 is 1.82 bits per heavy atom. The number of ether oxygens (including phenoxy) is 1. The molecule has 7 nitrogen and oxygen atoms in total. The van der Waals surface area contributed by atoms with E-state index in [0.29, 0.717) is 22.6 Å². The summed E-state index contributed by atoms with van der Waals surface area (Å²) < 4.78 is 32.1. The lowest BCUT2D eigenvalue weighted by Gasteiger charge is -2.36. The van der Waals surface area contributed by atoms with Crippen LogP contribution in [0, 0.1) is 11.6 Å². The zero-order chi connectivity index (χ0) is 24.2. The first-order chi connectivity index (χ1) is 16.4. The van der Waals surface area contributed by atoms with E-state index in [1.54, 1.807) is 49.4 Å². The van der Waals surface area contributed by atoms with Gasteiger partial charge in [-0.2, -0.15) is 0 Å². The van der Waals surface area contributed by atoms with Gasteiger partial charge in [0.1, 0.15) is 6.04 Å². The number of para-hydroxylation sites is 2. The Morgan fingerprint density at radius 1 is 1.03 bits per heavy atom. The first-order valence-corrected chi connectivity index (χ1v) is 10.6. The molecule has 1 aliphatic heterocycles. The number of hydrogen-bond acceptors (Lipinski definition) is 4. The largest absolute Gasteiger partial charge is 0.462 e. The van der Waals surface area contributed by atoms with Gasteiger partial charge in [0.05, 0.1) is 23.5 Å². The number of carbonyl (C=O) groups excluding carboxylic acids is 3. The minimum atomic E-state index is -1.04. The number of fused-ring (bicyclic) bond motifs is 1. The number of nitrogens with one attached hydrogen (secondary N) is 2. The highest BCUT2D eigenvalue weighted by molar-refractivity contribution is 6.14. The zero-order valence-electron chi connectivity index (χ0n) is 18.2. The molecule has 3 aromatic carbocycles. The van der Waals surface area contributed by atoms with Crippen molar-refractivity contribution in [1.82, 2.24) is 0 Å². The molecular weight excluding hydrogens is 444 g/mol. The second-order valence-corrected chi connectivity index (χ2v) is 7.58. The average Bonchev–Trinajstić information content (AvgIpc) is 2.82. The molecule has 1 heterocycles. The molecule has 174 valence electrons. The molecule has 0 bridgehead atoms. The molecule has 4 rings (SSSR count). The summed E-state index contributed by atoms with van der Waals surface area (Å²) in [5, 5.41) is 5.47. The quantitative estimate of drug-likeness (QED) is 0.533. The van der Waals surface area contributed by atoms with E-state index in [4.69, 9.17) is 4.74 Å². The van der Waals surface area contributed by atoms with Crippen molar-refractivity contribution in [2.45, 2.75) is 19.4 Å². The number of urea groups is 1. The lowest BCUT2D eigenvalue weighted by atomic mass is 10.00. The fourth-order valence-electron chi connectivity index (χ4n) is 3.74. The second kappa shape index (κ2) is 9.70. The number of benzene rings is 3. The molecule has 0 spiro atoms. The standard InChI is InChI=1S/C25H21F2N3O4/c1-2-34-24(32)16-6-5-7-17(14-16)28-25(33)30-21-9-4-3-8-20(21)29-23(31)22(30)13-15-10-11-18(26)19(27)12-15/h3-12,14,22H,2,13H2,1H3,(H,28,33)(H,29,31)/t22-/m1/s1. The number of amides is 3. The van der Waals surface area contributed by atoms with Crippen LogP contribution in [0.2, 0.25) is 0 Å². The van der Waals surface area contributed by atoms with Gasteiger partial charge in [-0.05, 0) is 55.0 Å². The lowest BCUT2D eigenvalue weighted by Crippen LogP contribution is -2.53. The number of halogens is 2. The predicted octanol–water partition coefficient (Wildman–Crippen LogP) is 4.74. The lowest BCUT2D eigenvalue weighted by molar-refractivity contribution is -0.117. The molecule has 1 aliphatic rings. The van der Waals surface area contributed by atoms with Crippen molar-refractivity contribution in [2.24, 2.45) is 0 Å². The Kier molecular flexibility index (Phi) is 6.53. The minimum absolute atomic E-state index is 0.0480. The zero-order valence-corrected chi connectivity index (χ0v) is 18.2. The van der Waals surface area contributed by atoms with Gasteiger partial charge in [-0.1, -0.05) is 24.3 Å². The molecule has 9 heteroatoms. The van der Waals surface area contributed by atoms with E-state index < -0.39 is 35.6 Å². The van der Waals surface area contributed by atoms with Crippen LogP contribution in [-0.2, 0) is 16.0 Å². The van der Waals surface area contributed by atoms with Crippen LogP contribution in [0.4, 0.5) is 30.6 Å². The Morgan fingerprint density at radius 3 is 2.59 bits per heavy atom. The van der Waals surface area contributed by atoms with Crippen LogP contribution in [0.5, 0.6) is 0 Å². The van der Waals surface area contributed by atoms with Gasteiger partial charge in [0.25, 0.3) is 0 Å². The normalized spacial score (nSPS) is 14.7. The van der Waals surface area contributed by atoms with E-state index in [0.717, 1.165) is 12.1 Å². The van der Waals surface area contributed by atoms with Crippen molar-refractivity contribution in [3.05, 3.63) is 89.5 Å². The van der Waals surface area contributed by atoms with Crippen molar-refractivity contribution < 1.29 is 27.9 Å². The van der Waals surface area contributed by atoms with Gasteiger partial charge in [-0.15, -0.1) is 0 Å². The van der Waals surface area contributed by atoms with Crippen LogP contribution in [0.25, 0.3) is 0 Å². The molecule has 0 aromatic heterocycles. The number of nitrogens with zero attached hydrogens (tertiary/aromatic N) is 1. The Hall–Kier alpha value is -4.27. The van der Waals surface area contributed by atoms with Gasteiger partial charge in [-0.3, -0.25) is 9.69 Å². The molecule has 0 saturated heterocycles. The summed E-state index contributed by atoms with van der Waals surface area (Å²) >= 11 is 0. The number of anilines is 3. The third-order valence-corrected chi connectivity index (χ3v) is 5.29. The first kappa shape index (κ1) is 22.9. The van der Waals surface area contributed by atoms with E-state index >= 15 is 0 Å². The van der Waals surface area contributed by atoms with Crippen LogP contribution in [0.1, 0.15) is 22.8 Å². The molecule has 0 aliphatic carbocycles. The Balaban J connectivity index is 1.66. The summed E-state index contributed by atoms with van der Waals surface area (Å²) in [6.45, 7) is 1.90. The maximum Gasteiger partial charge on any atom is 0.338 e. The van der Waals surface area contributed by atoms with Gasteiger partial charge in [-0.25, -0.2) is 18.4 Å². The summed E-state index contributed by atoms with van der Waals surface area (Å²) in [7, 11) is 0.